The topological polar surface area (TPSA) is 105 Å². The molecule has 0 saturated carbocycles. The molecule has 0 bridgehead atoms. The Balaban J connectivity index is 1.72. The molecule has 0 fully saturated rings. The maximum absolute atomic E-state index is 11.9. The number of carboxylic acid groups (broad SMARTS) is 1. The Bertz CT molecular complexity index is 659. The standard InChI is InChI=1S/C19H26N2O5/c1-2-3-5-16(19(24)25)21-17(22)6-4-11-26-14-8-9-15-13(12-14)7-10-18(23)20-15/h8-9,12,16H,2-7,10-11H2,1H3,(H,20,23)(H,21,22)(H,24,25). The summed E-state index contributed by atoms with van der Waals surface area (Å²) in [4.78, 5) is 34.4. The lowest BCUT2D eigenvalue weighted by molar-refractivity contribution is -0.142. The molecule has 1 aliphatic heterocycles. The van der Waals surface area contributed by atoms with Crippen LogP contribution in [0.4, 0.5) is 5.69 Å². The SMILES string of the molecule is CCCCC(NC(=O)CCCOc1ccc2c(c1)CCC(=O)N2)C(=O)O. The van der Waals surface area contributed by atoms with Crippen LogP contribution in [0.3, 0.4) is 0 Å². The van der Waals surface area contributed by atoms with Crippen LogP contribution in [0.15, 0.2) is 18.2 Å². The molecule has 0 aromatic heterocycles. The van der Waals surface area contributed by atoms with Gasteiger partial charge in [-0.25, -0.2) is 4.79 Å². The zero-order valence-corrected chi connectivity index (χ0v) is 15.0. The van der Waals surface area contributed by atoms with Crippen molar-refractivity contribution in [3.8, 4) is 5.75 Å². The molecular formula is C19H26N2O5. The molecule has 1 aliphatic rings. The average Bonchev–Trinajstić information content (AvgIpc) is 2.62. The van der Waals surface area contributed by atoms with E-state index in [0.717, 1.165) is 24.1 Å². The predicted octanol–water partition coefficient (Wildman–Crippen LogP) is 2.49. The molecule has 26 heavy (non-hydrogen) atoms. The Kier molecular flexibility index (Phi) is 7.44. The molecule has 1 aromatic rings. The third kappa shape index (κ3) is 6.06. The van der Waals surface area contributed by atoms with Gasteiger partial charge >= 0.3 is 5.97 Å². The maximum atomic E-state index is 11.9. The number of aliphatic carboxylic acids is 1. The summed E-state index contributed by atoms with van der Waals surface area (Å²) in [6.45, 7) is 2.35. The third-order valence-electron chi connectivity index (χ3n) is 4.27. The summed E-state index contributed by atoms with van der Waals surface area (Å²) in [5.41, 5.74) is 1.86. The van der Waals surface area contributed by atoms with Crippen LogP contribution in [0.5, 0.6) is 5.75 Å². The Labute approximate surface area is 153 Å². The minimum atomic E-state index is -0.996. The van der Waals surface area contributed by atoms with Gasteiger partial charge in [-0.3, -0.25) is 9.59 Å². The van der Waals surface area contributed by atoms with Crippen molar-refractivity contribution >= 4 is 23.5 Å². The molecule has 7 heteroatoms. The van der Waals surface area contributed by atoms with Gasteiger partial charge in [-0.2, -0.15) is 0 Å². The number of rotatable bonds is 10. The van der Waals surface area contributed by atoms with Crippen molar-refractivity contribution in [3.63, 3.8) is 0 Å². The van der Waals surface area contributed by atoms with Gasteiger partial charge in [0.1, 0.15) is 11.8 Å². The molecule has 3 N–H and O–H groups in total. The van der Waals surface area contributed by atoms with Crippen LogP contribution in [0.2, 0.25) is 0 Å². The van der Waals surface area contributed by atoms with Crippen molar-refractivity contribution < 1.29 is 24.2 Å². The first-order chi connectivity index (χ1) is 12.5. The molecule has 1 unspecified atom stereocenters. The number of nitrogens with one attached hydrogen (secondary N) is 2. The molecule has 0 spiro atoms. The maximum Gasteiger partial charge on any atom is 0.326 e. The second-order valence-electron chi connectivity index (χ2n) is 6.42. The van der Waals surface area contributed by atoms with Crippen molar-refractivity contribution in [1.82, 2.24) is 5.32 Å². The van der Waals surface area contributed by atoms with Crippen LogP contribution in [-0.2, 0) is 20.8 Å². The van der Waals surface area contributed by atoms with Crippen molar-refractivity contribution in [3.05, 3.63) is 23.8 Å². The number of hydrogen-bond donors (Lipinski definition) is 3. The van der Waals surface area contributed by atoms with E-state index in [4.69, 9.17) is 9.84 Å². The highest BCUT2D eigenvalue weighted by Crippen LogP contribution is 2.26. The first-order valence-corrected chi connectivity index (χ1v) is 9.07. The molecule has 2 rings (SSSR count). The highest BCUT2D eigenvalue weighted by atomic mass is 16.5. The van der Waals surface area contributed by atoms with Crippen LogP contribution in [0.25, 0.3) is 0 Å². The van der Waals surface area contributed by atoms with Gasteiger partial charge in [-0.1, -0.05) is 19.8 Å². The number of carboxylic acids is 1. The van der Waals surface area contributed by atoms with E-state index in [2.05, 4.69) is 10.6 Å². The largest absolute Gasteiger partial charge is 0.494 e. The fourth-order valence-electron chi connectivity index (χ4n) is 2.80. The van der Waals surface area contributed by atoms with Crippen LogP contribution in [0.1, 0.15) is 51.0 Å². The second kappa shape index (κ2) is 9.79. The van der Waals surface area contributed by atoms with Gasteiger partial charge in [0.25, 0.3) is 0 Å². The number of carbonyl (C=O) groups is 3. The van der Waals surface area contributed by atoms with E-state index in [0.29, 0.717) is 38.0 Å². The summed E-state index contributed by atoms with van der Waals surface area (Å²) >= 11 is 0. The van der Waals surface area contributed by atoms with Gasteiger partial charge in [0.2, 0.25) is 11.8 Å². The summed E-state index contributed by atoms with van der Waals surface area (Å²) in [5, 5.41) is 14.5. The fourth-order valence-corrected chi connectivity index (χ4v) is 2.80. The van der Waals surface area contributed by atoms with Crippen molar-refractivity contribution in [2.24, 2.45) is 0 Å². The molecule has 0 aliphatic carbocycles. The number of anilines is 1. The first kappa shape index (κ1) is 19.8. The van der Waals surface area contributed by atoms with Gasteiger partial charge in [0, 0.05) is 18.5 Å². The zero-order valence-electron chi connectivity index (χ0n) is 15.0. The average molecular weight is 362 g/mol. The number of fused-ring (bicyclic) bond motifs is 1. The molecular weight excluding hydrogens is 336 g/mol. The number of aryl methyl sites for hydroxylation is 1. The molecule has 2 amide bonds. The number of hydrogen-bond acceptors (Lipinski definition) is 4. The van der Waals surface area contributed by atoms with Crippen LogP contribution < -0.4 is 15.4 Å². The Morgan fingerprint density at radius 2 is 2.12 bits per heavy atom. The quantitative estimate of drug-likeness (QED) is 0.555. The lowest BCUT2D eigenvalue weighted by Crippen LogP contribution is -2.40. The van der Waals surface area contributed by atoms with Crippen molar-refractivity contribution in [2.75, 3.05) is 11.9 Å². The predicted molar refractivity (Wildman–Crippen MR) is 97.2 cm³/mol. The normalized spacial score (nSPS) is 14.1. The Morgan fingerprint density at radius 3 is 2.85 bits per heavy atom. The van der Waals surface area contributed by atoms with Crippen molar-refractivity contribution in [1.29, 1.82) is 0 Å². The van der Waals surface area contributed by atoms with Crippen molar-refractivity contribution in [2.45, 2.75) is 57.9 Å². The monoisotopic (exact) mass is 362 g/mol. The molecule has 1 heterocycles. The minimum absolute atomic E-state index is 0.0239. The van der Waals surface area contributed by atoms with Gasteiger partial charge < -0.3 is 20.5 Å². The fraction of sp³-hybridized carbons (Fsp3) is 0.526. The summed E-state index contributed by atoms with van der Waals surface area (Å²) < 4.78 is 5.66. The summed E-state index contributed by atoms with van der Waals surface area (Å²) in [6.07, 6.45) is 3.97. The molecule has 142 valence electrons. The summed E-state index contributed by atoms with van der Waals surface area (Å²) in [6, 6.07) is 4.69. The molecule has 1 aromatic carbocycles. The number of amides is 2. The van der Waals surface area contributed by atoms with E-state index in [1.54, 1.807) is 6.07 Å². The third-order valence-corrected chi connectivity index (χ3v) is 4.27. The number of ether oxygens (including phenoxy) is 1. The van der Waals surface area contributed by atoms with Crippen LogP contribution in [-0.4, -0.2) is 35.5 Å². The van der Waals surface area contributed by atoms with E-state index in [1.807, 2.05) is 19.1 Å². The second-order valence-corrected chi connectivity index (χ2v) is 6.42. The number of carbonyl (C=O) groups excluding carboxylic acids is 2. The van der Waals surface area contributed by atoms with Gasteiger partial charge in [0.15, 0.2) is 0 Å². The smallest absolute Gasteiger partial charge is 0.326 e. The van der Waals surface area contributed by atoms with E-state index in [9.17, 15) is 14.4 Å². The first-order valence-electron chi connectivity index (χ1n) is 9.07. The van der Waals surface area contributed by atoms with E-state index in [-0.39, 0.29) is 18.2 Å². The van der Waals surface area contributed by atoms with Gasteiger partial charge in [0.05, 0.1) is 6.61 Å². The van der Waals surface area contributed by atoms with E-state index < -0.39 is 12.0 Å². The molecule has 1 atom stereocenters. The highest BCUT2D eigenvalue weighted by Gasteiger charge is 2.19. The van der Waals surface area contributed by atoms with Crippen LogP contribution in [0, 0.1) is 0 Å². The molecule has 0 radical (unpaired) electrons. The molecule has 7 nitrogen and oxygen atoms in total. The van der Waals surface area contributed by atoms with Crippen LogP contribution >= 0.6 is 0 Å². The molecule has 0 saturated heterocycles. The van der Waals surface area contributed by atoms with E-state index >= 15 is 0 Å². The highest BCUT2D eigenvalue weighted by molar-refractivity contribution is 5.94. The Morgan fingerprint density at radius 1 is 1.31 bits per heavy atom. The minimum Gasteiger partial charge on any atom is -0.494 e. The summed E-state index contributed by atoms with van der Waals surface area (Å²) in [7, 11) is 0. The lowest BCUT2D eigenvalue weighted by atomic mass is 10.0. The van der Waals surface area contributed by atoms with Gasteiger partial charge in [-0.05, 0) is 43.0 Å². The summed E-state index contributed by atoms with van der Waals surface area (Å²) in [5.74, 6) is -0.545. The van der Waals surface area contributed by atoms with Gasteiger partial charge in [-0.15, -0.1) is 0 Å². The van der Waals surface area contributed by atoms with E-state index in [1.165, 1.54) is 0 Å². The number of benzene rings is 1. The Hall–Kier alpha value is -2.57. The lowest BCUT2D eigenvalue weighted by Gasteiger charge is -2.17. The number of unbranched alkanes of at least 4 members (excludes halogenated alkanes) is 1. The zero-order chi connectivity index (χ0) is 18.9.